The van der Waals surface area contributed by atoms with Crippen LogP contribution in [0.4, 0.5) is 0 Å². The van der Waals surface area contributed by atoms with Gasteiger partial charge in [0.15, 0.2) is 0 Å². The predicted molar refractivity (Wildman–Crippen MR) is 229 cm³/mol. The molecular formula is C52H34N2O4. The molecule has 2 aliphatic rings. The number of hydrogen-bond acceptors (Lipinski definition) is 4. The lowest BCUT2D eigenvalue weighted by atomic mass is 9.77. The van der Waals surface area contributed by atoms with E-state index in [1.165, 1.54) is 9.80 Å². The second-order valence-electron chi connectivity index (χ2n) is 15.4. The maximum absolute atomic E-state index is 14.9. The maximum atomic E-state index is 14.9. The number of carbonyl (C=O) groups excluding carboxylic acids is 4. The molecule has 6 nitrogen and oxygen atoms in total. The van der Waals surface area contributed by atoms with Crippen molar-refractivity contribution in [2.75, 3.05) is 0 Å². The van der Waals surface area contributed by atoms with Crippen LogP contribution >= 0.6 is 0 Å². The number of fused-ring (bicyclic) bond motifs is 2. The monoisotopic (exact) mass is 750 g/mol. The van der Waals surface area contributed by atoms with E-state index in [9.17, 15) is 19.2 Å². The highest BCUT2D eigenvalue weighted by Gasteiger charge is 2.41. The van der Waals surface area contributed by atoms with Gasteiger partial charge in [-0.3, -0.25) is 29.0 Å². The van der Waals surface area contributed by atoms with Crippen molar-refractivity contribution < 1.29 is 19.2 Å². The first-order valence-electron chi connectivity index (χ1n) is 19.6. The molecule has 0 N–H and O–H groups in total. The lowest BCUT2D eigenvalue weighted by molar-refractivity contribution is 0.0534. The summed E-state index contributed by atoms with van der Waals surface area (Å²) in [6.07, 6.45) is 0. The Hall–Kier alpha value is -7.44. The fourth-order valence-electron chi connectivity index (χ4n) is 9.66. The van der Waals surface area contributed by atoms with Crippen LogP contribution in [0.2, 0.25) is 0 Å². The average Bonchev–Trinajstić information content (AvgIpc) is 3.27. The molecule has 276 valence electrons. The molecule has 4 amide bonds. The third kappa shape index (κ3) is 4.60. The second-order valence-corrected chi connectivity index (χ2v) is 15.4. The van der Waals surface area contributed by atoms with Crippen molar-refractivity contribution in [3.05, 3.63) is 191 Å². The molecule has 0 aliphatic carbocycles. The Labute approximate surface area is 333 Å². The molecule has 0 spiro atoms. The zero-order chi connectivity index (χ0) is 39.4. The summed E-state index contributed by atoms with van der Waals surface area (Å²) in [5, 5.41) is 6.26. The van der Waals surface area contributed by atoms with Gasteiger partial charge in [0.25, 0.3) is 23.6 Å². The van der Waals surface area contributed by atoms with E-state index in [4.69, 9.17) is 0 Å². The van der Waals surface area contributed by atoms with E-state index < -0.39 is 12.1 Å². The summed E-state index contributed by atoms with van der Waals surface area (Å²) in [5.41, 5.74) is 7.04. The van der Waals surface area contributed by atoms with Crippen LogP contribution in [0.5, 0.6) is 0 Å². The molecule has 9 aromatic carbocycles. The Morgan fingerprint density at radius 2 is 0.655 bits per heavy atom. The fraction of sp³-hybridized carbons (Fsp3) is 0.0769. The highest BCUT2D eigenvalue weighted by Crippen LogP contribution is 2.52. The molecule has 0 aromatic heterocycles. The van der Waals surface area contributed by atoms with Crippen LogP contribution in [0, 0.1) is 0 Å². The fourth-order valence-corrected chi connectivity index (χ4v) is 9.66. The first kappa shape index (κ1) is 33.9. The average molecular weight is 751 g/mol. The van der Waals surface area contributed by atoms with Gasteiger partial charge < -0.3 is 0 Å². The smallest absolute Gasteiger partial charge is 0.261 e. The third-order valence-electron chi connectivity index (χ3n) is 12.4. The molecule has 11 rings (SSSR count). The highest BCUT2D eigenvalue weighted by molar-refractivity contribution is 6.44. The van der Waals surface area contributed by atoms with E-state index in [1.807, 2.05) is 172 Å². The van der Waals surface area contributed by atoms with Gasteiger partial charge in [0.2, 0.25) is 0 Å². The molecule has 0 fully saturated rings. The van der Waals surface area contributed by atoms with Gasteiger partial charge >= 0.3 is 0 Å². The van der Waals surface area contributed by atoms with Gasteiger partial charge in [-0.15, -0.1) is 0 Å². The Morgan fingerprint density at radius 3 is 1.02 bits per heavy atom. The van der Waals surface area contributed by atoms with Crippen LogP contribution in [-0.2, 0) is 0 Å². The van der Waals surface area contributed by atoms with Crippen molar-refractivity contribution in [1.82, 2.24) is 9.80 Å². The first-order chi connectivity index (χ1) is 28.3. The Kier molecular flexibility index (Phi) is 7.32. The lowest BCUT2D eigenvalue weighted by Gasteiger charge is -2.35. The second kappa shape index (κ2) is 12.5. The number of hydrogen-bond donors (Lipinski definition) is 0. The van der Waals surface area contributed by atoms with Gasteiger partial charge in [-0.25, -0.2) is 0 Å². The minimum absolute atomic E-state index is 0.345. The van der Waals surface area contributed by atoms with Gasteiger partial charge in [0, 0.05) is 33.0 Å². The largest absolute Gasteiger partial charge is 0.269 e. The number of imide groups is 2. The molecular weight excluding hydrogens is 717 g/mol. The number of carbonyl (C=O) groups is 4. The molecule has 2 aliphatic heterocycles. The third-order valence-corrected chi connectivity index (χ3v) is 12.4. The molecule has 2 atom stereocenters. The molecule has 0 bridgehead atoms. The quantitative estimate of drug-likeness (QED) is 0.0963. The van der Waals surface area contributed by atoms with Crippen molar-refractivity contribution in [3.8, 4) is 22.3 Å². The van der Waals surface area contributed by atoms with Crippen LogP contribution in [0.1, 0.15) is 78.5 Å². The van der Waals surface area contributed by atoms with Gasteiger partial charge in [-0.1, -0.05) is 133 Å². The van der Waals surface area contributed by atoms with Crippen LogP contribution in [-0.4, -0.2) is 33.4 Å². The van der Waals surface area contributed by atoms with E-state index in [0.29, 0.717) is 33.0 Å². The normalized spacial score (nSPS) is 15.0. The van der Waals surface area contributed by atoms with E-state index in [2.05, 4.69) is 0 Å². The molecule has 0 radical (unpaired) electrons. The Balaban J connectivity index is 1.28. The van der Waals surface area contributed by atoms with E-state index in [-0.39, 0.29) is 23.6 Å². The highest BCUT2D eigenvalue weighted by atomic mass is 16.2. The molecule has 58 heavy (non-hydrogen) atoms. The van der Waals surface area contributed by atoms with Gasteiger partial charge in [-0.05, 0) is 104 Å². The van der Waals surface area contributed by atoms with E-state index in [0.717, 1.165) is 65.7 Å². The summed E-state index contributed by atoms with van der Waals surface area (Å²) in [6, 6.07) is 49.8. The van der Waals surface area contributed by atoms with E-state index in [1.54, 1.807) is 0 Å². The zero-order valence-corrected chi connectivity index (χ0v) is 31.7. The predicted octanol–water partition coefficient (Wildman–Crippen LogP) is 11.8. The number of nitrogens with zero attached hydrogens (tertiary/aromatic N) is 2. The maximum Gasteiger partial charge on any atom is 0.261 e. The molecule has 0 saturated heterocycles. The first-order valence-corrected chi connectivity index (χ1v) is 19.6. The van der Waals surface area contributed by atoms with Crippen molar-refractivity contribution in [2.45, 2.75) is 25.9 Å². The SMILES string of the molecule is CC(c1ccccc1)N1C(=O)c2ccc3c4c(-c5ccccc5)cc5c6c(ccc(c7c(-c8ccccc8)cc(c2c37)C1=O)c64)C(=O)N(C(C)c1ccccc1)C5=O. The van der Waals surface area contributed by atoms with Gasteiger partial charge in [0.05, 0.1) is 12.1 Å². The van der Waals surface area contributed by atoms with Gasteiger partial charge in [-0.2, -0.15) is 0 Å². The molecule has 0 saturated carbocycles. The minimum atomic E-state index is -0.502. The molecule has 2 unspecified atom stereocenters. The van der Waals surface area contributed by atoms with Crippen LogP contribution in [0.15, 0.2) is 158 Å². The summed E-state index contributed by atoms with van der Waals surface area (Å²) in [5.74, 6) is -1.39. The Bertz CT molecular complexity index is 3000. The lowest BCUT2D eigenvalue weighted by Crippen LogP contribution is -2.42. The summed E-state index contributed by atoms with van der Waals surface area (Å²) in [4.78, 5) is 61.9. The Morgan fingerprint density at radius 1 is 0.328 bits per heavy atom. The van der Waals surface area contributed by atoms with Crippen molar-refractivity contribution >= 4 is 66.7 Å². The molecule has 2 heterocycles. The molecule has 6 heteroatoms. The molecule has 9 aromatic rings. The van der Waals surface area contributed by atoms with E-state index >= 15 is 0 Å². The topological polar surface area (TPSA) is 74.8 Å². The van der Waals surface area contributed by atoms with Crippen LogP contribution in [0.3, 0.4) is 0 Å². The summed E-state index contributed by atoms with van der Waals surface area (Å²) < 4.78 is 0. The van der Waals surface area contributed by atoms with Crippen molar-refractivity contribution in [1.29, 1.82) is 0 Å². The number of amides is 4. The summed E-state index contributed by atoms with van der Waals surface area (Å²) in [6.45, 7) is 3.79. The van der Waals surface area contributed by atoms with Crippen molar-refractivity contribution in [2.24, 2.45) is 0 Å². The number of benzene rings is 9. The van der Waals surface area contributed by atoms with Crippen LogP contribution in [0.25, 0.3) is 65.3 Å². The summed E-state index contributed by atoms with van der Waals surface area (Å²) in [7, 11) is 0. The minimum Gasteiger partial charge on any atom is -0.269 e. The zero-order valence-electron chi connectivity index (χ0n) is 31.7. The summed E-state index contributed by atoms with van der Waals surface area (Å²) >= 11 is 0. The standard InChI is InChI=1S/C52H34N2O4/c1-29(31-15-7-3-8-16-31)53-49(55)37-25-23-35-44-40(34-21-13-6-14-22-34)28-42-46-38(50(56)54(52(42)58)30(2)32-17-9-4-10-18-32)26-24-36(48(44)46)43-39(33-19-11-5-12-20-33)27-41(51(53)57)45(37)47(35)43/h3-30H,1-2H3. The van der Waals surface area contributed by atoms with Crippen molar-refractivity contribution in [3.63, 3.8) is 0 Å². The van der Waals surface area contributed by atoms with Crippen LogP contribution < -0.4 is 0 Å². The van der Waals surface area contributed by atoms with Gasteiger partial charge in [0.1, 0.15) is 0 Å². The number of rotatable bonds is 6.